The molecule has 0 saturated carbocycles. The lowest BCUT2D eigenvalue weighted by molar-refractivity contribution is -0.119. The molecule has 0 spiro atoms. The van der Waals surface area contributed by atoms with E-state index < -0.39 is 0 Å². The Morgan fingerprint density at radius 3 is 2.62 bits per heavy atom. The number of aromatic nitrogens is 2. The minimum absolute atomic E-state index is 0.0739. The molecule has 2 aliphatic rings. The summed E-state index contributed by atoms with van der Waals surface area (Å²) in [5.41, 5.74) is 1.69. The van der Waals surface area contributed by atoms with E-state index in [1.165, 1.54) is 16.2 Å². The normalized spacial score (nSPS) is 16.6. The standard InChI is InChI=1S/C19H23N5O4S/c1-22-11-15(25)24(6-7-27-2)18-16(17(22)26)13-4-5-23(10-14(13)29-18)19-20-8-12(28-3)9-21-19/h8-9H,4-7,10-11H2,1-3H3. The van der Waals surface area contributed by atoms with E-state index in [1.807, 2.05) is 0 Å². The van der Waals surface area contributed by atoms with Crippen LogP contribution in [0.2, 0.25) is 0 Å². The largest absolute Gasteiger partial charge is 0.494 e. The second-order valence-corrected chi connectivity index (χ2v) is 8.06. The Hall–Kier alpha value is -2.72. The zero-order valence-corrected chi connectivity index (χ0v) is 17.5. The molecule has 0 saturated heterocycles. The van der Waals surface area contributed by atoms with Crippen molar-refractivity contribution in [3.05, 3.63) is 28.4 Å². The summed E-state index contributed by atoms with van der Waals surface area (Å²) < 4.78 is 10.3. The van der Waals surface area contributed by atoms with E-state index >= 15 is 0 Å². The summed E-state index contributed by atoms with van der Waals surface area (Å²) >= 11 is 1.51. The molecule has 2 aliphatic heterocycles. The third-order valence-electron chi connectivity index (χ3n) is 5.17. The fourth-order valence-corrected chi connectivity index (χ4v) is 5.02. The number of ether oxygens (including phenoxy) is 2. The molecule has 0 N–H and O–H groups in total. The lowest BCUT2D eigenvalue weighted by Gasteiger charge is -2.27. The van der Waals surface area contributed by atoms with E-state index in [2.05, 4.69) is 14.9 Å². The molecular weight excluding hydrogens is 394 g/mol. The fraction of sp³-hybridized carbons (Fsp3) is 0.474. The summed E-state index contributed by atoms with van der Waals surface area (Å²) in [4.78, 5) is 40.9. The van der Waals surface area contributed by atoms with Crippen LogP contribution in [0.15, 0.2) is 12.4 Å². The van der Waals surface area contributed by atoms with Crippen molar-refractivity contribution < 1.29 is 19.1 Å². The molecule has 10 heteroatoms. The van der Waals surface area contributed by atoms with Crippen molar-refractivity contribution in [3.8, 4) is 5.75 Å². The highest BCUT2D eigenvalue weighted by molar-refractivity contribution is 7.17. The molecule has 2 aromatic rings. The molecule has 0 radical (unpaired) electrons. The third kappa shape index (κ3) is 3.53. The lowest BCUT2D eigenvalue weighted by atomic mass is 10.0. The zero-order chi connectivity index (χ0) is 20.5. The molecule has 154 valence electrons. The molecule has 0 bridgehead atoms. The van der Waals surface area contributed by atoms with E-state index in [1.54, 1.807) is 38.6 Å². The Kier molecular flexibility index (Phi) is 5.37. The van der Waals surface area contributed by atoms with E-state index in [-0.39, 0.29) is 18.4 Å². The SMILES string of the molecule is COCCN1C(=O)CN(C)C(=O)c2c1sc1c2CCN(c2ncc(OC)cn2)C1. The molecule has 2 aromatic heterocycles. The Bertz CT molecular complexity index is 929. The van der Waals surface area contributed by atoms with Crippen molar-refractivity contribution in [1.82, 2.24) is 14.9 Å². The number of likely N-dealkylation sites (N-methyl/N-ethyl adjacent to an activating group) is 1. The fourth-order valence-electron chi connectivity index (χ4n) is 3.62. The van der Waals surface area contributed by atoms with Crippen LogP contribution in [0.25, 0.3) is 0 Å². The van der Waals surface area contributed by atoms with E-state index in [4.69, 9.17) is 9.47 Å². The van der Waals surface area contributed by atoms with Crippen LogP contribution < -0.4 is 14.5 Å². The molecular formula is C19H23N5O4S. The van der Waals surface area contributed by atoms with Gasteiger partial charge in [-0.05, 0) is 12.0 Å². The smallest absolute Gasteiger partial charge is 0.257 e. The van der Waals surface area contributed by atoms with Gasteiger partial charge in [0.25, 0.3) is 5.91 Å². The number of fused-ring (bicyclic) bond motifs is 3. The van der Waals surface area contributed by atoms with Gasteiger partial charge in [0.1, 0.15) is 11.5 Å². The molecule has 0 fully saturated rings. The van der Waals surface area contributed by atoms with E-state index in [0.717, 1.165) is 15.4 Å². The van der Waals surface area contributed by atoms with Gasteiger partial charge in [-0.3, -0.25) is 14.5 Å². The summed E-state index contributed by atoms with van der Waals surface area (Å²) in [6.07, 6.45) is 3.98. The third-order valence-corrected chi connectivity index (χ3v) is 6.41. The molecule has 29 heavy (non-hydrogen) atoms. The Morgan fingerprint density at radius 1 is 1.17 bits per heavy atom. The number of thiophene rings is 1. The zero-order valence-electron chi connectivity index (χ0n) is 16.7. The van der Waals surface area contributed by atoms with Crippen LogP contribution in [0.3, 0.4) is 0 Å². The second kappa shape index (κ2) is 7.96. The molecule has 0 aliphatic carbocycles. The quantitative estimate of drug-likeness (QED) is 0.722. The summed E-state index contributed by atoms with van der Waals surface area (Å²) in [7, 11) is 4.86. The van der Waals surface area contributed by atoms with Crippen molar-refractivity contribution in [2.45, 2.75) is 13.0 Å². The molecule has 4 rings (SSSR count). The highest BCUT2D eigenvalue weighted by Crippen LogP contribution is 2.41. The molecule has 0 aromatic carbocycles. The average molecular weight is 417 g/mol. The molecule has 9 nitrogen and oxygen atoms in total. The van der Waals surface area contributed by atoms with Crippen molar-refractivity contribution in [2.24, 2.45) is 0 Å². The summed E-state index contributed by atoms with van der Waals surface area (Å²) in [6.45, 7) is 2.21. The minimum atomic E-state index is -0.0973. The number of hydrogen-bond donors (Lipinski definition) is 0. The predicted molar refractivity (Wildman–Crippen MR) is 109 cm³/mol. The number of carbonyl (C=O) groups excluding carboxylic acids is 2. The van der Waals surface area contributed by atoms with Crippen LogP contribution in [0, 0.1) is 0 Å². The van der Waals surface area contributed by atoms with Gasteiger partial charge in [-0.1, -0.05) is 0 Å². The number of carbonyl (C=O) groups is 2. The summed E-state index contributed by atoms with van der Waals surface area (Å²) in [6, 6.07) is 0. The van der Waals surface area contributed by atoms with Gasteiger partial charge in [-0.2, -0.15) is 0 Å². The van der Waals surface area contributed by atoms with Crippen LogP contribution in [0.4, 0.5) is 10.9 Å². The van der Waals surface area contributed by atoms with E-state index in [0.29, 0.717) is 49.9 Å². The monoisotopic (exact) mass is 417 g/mol. The Labute approximate surface area is 172 Å². The summed E-state index contributed by atoms with van der Waals surface area (Å²) in [5, 5.41) is 0.726. The van der Waals surface area contributed by atoms with Crippen molar-refractivity contribution in [3.63, 3.8) is 0 Å². The minimum Gasteiger partial charge on any atom is -0.494 e. The lowest BCUT2D eigenvalue weighted by Crippen LogP contribution is -2.39. The van der Waals surface area contributed by atoms with E-state index in [9.17, 15) is 9.59 Å². The van der Waals surface area contributed by atoms with Gasteiger partial charge in [0.15, 0.2) is 5.75 Å². The Balaban J connectivity index is 1.69. The number of anilines is 2. The first-order valence-corrected chi connectivity index (χ1v) is 10.2. The van der Waals surface area contributed by atoms with Gasteiger partial charge in [-0.15, -0.1) is 11.3 Å². The van der Waals surface area contributed by atoms with Crippen LogP contribution in [0.1, 0.15) is 20.8 Å². The van der Waals surface area contributed by atoms with Gasteiger partial charge in [0, 0.05) is 25.6 Å². The van der Waals surface area contributed by atoms with Gasteiger partial charge in [-0.25, -0.2) is 9.97 Å². The Morgan fingerprint density at radius 2 is 1.93 bits per heavy atom. The maximum absolute atomic E-state index is 13.0. The molecule has 4 heterocycles. The topological polar surface area (TPSA) is 88.1 Å². The van der Waals surface area contributed by atoms with Gasteiger partial charge < -0.3 is 19.3 Å². The average Bonchev–Trinajstić information content (AvgIpc) is 3.08. The predicted octanol–water partition coefficient (Wildman–Crippen LogP) is 1.17. The van der Waals surface area contributed by atoms with Crippen LogP contribution in [0.5, 0.6) is 5.75 Å². The number of nitrogens with zero attached hydrogens (tertiary/aromatic N) is 5. The molecule has 0 atom stereocenters. The van der Waals surface area contributed by atoms with Gasteiger partial charge >= 0.3 is 0 Å². The first kappa shape index (κ1) is 19.6. The highest BCUT2D eigenvalue weighted by Gasteiger charge is 2.37. The summed E-state index contributed by atoms with van der Waals surface area (Å²) in [5.74, 6) is 1.04. The van der Waals surface area contributed by atoms with Crippen molar-refractivity contribution in [1.29, 1.82) is 0 Å². The van der Waals surface area contributed by atoms with Gasteiger partial charge in [0.2, 0.25) is 11.9 Å². The number of hydrogen-bond acceptors (Lipinski definition) is 8. The maximum atomic E-state index is 13.0. The number of methoxy groups -OCH3 is 2. The maximum Gasteiger partial charge on any atom is 0.257 e. The first-order chi connectivity index (χ1) is 14.0. The second-order valence-electron chi connectivity index (χ2n) is 6.98. The van der Waals surface area contributed by atoms with Crippen molar-refractivity contribution in [2.75, 3.05) is 57.3 Å². The van der Waals surface area contributed by atoms with Gasteiger partial charge in [0.05, 0.1) is 44.8 Å². The number of rotatable bonds is 5. The first-order valence-electron chi connectivity index (χ1n) is 9.33. The number of amides is 2. The molecule has 2 amide bonds. The van der Waals surface area contributed by atoms with Crippen LogP contribution in [-0.4, -0.2) is 74.2 Å². The highest BCUT2D eigenvalue weighted by atomic mass is 32.1. The van der Waals surface area contributed by atoms with Crippen molar-refractivity contribution >= 4 is 34.1 Å². The van der Waals surface area contributed by atoms with Crippen LogP contribution in [-0.2, 0) is 22.5 Å². The molecule has 0 unspecified atom stereocenters. The van der Waals surface area contributed by atoms with Crippen LogP contribution >= 0.6 is 11.3 Å².